The van der Waals surface area contributed by atoms with Crippen molar-refractivity contribution in [3.63, 3.8) is 0 Å². The van der Waals surface area contributed by atoms with Crippen molar-refractivity contribution in [3.8, 4) is 0 Å². The fourth-order valence-electron chi connectivity index (χ4n) is 1.99. The van der Waals surface area contributed by atoms with Gasteiger partial charge in [-0.15, -0.1) is 0 Å². The van der Waals surface area contributed by atoms with Crippen LogP contribution in [0.5, 0.6) is 0 Å². The summed E-state index contributed by atoms with van der Waals surface area (Å²) in [6, 6.07) is -3.77. The first kappa shape index (κ1) is 21.1. The normalized spacial score (nSPS) is 14.1. The van der Waals surface area contributed by atoms with E-state index in [-0.39, 0.29) is 19.3 Å². The SMILES string of the molecule is NC(=O)CC[C@H](N)C(=O)N[C@@H](Cc1cnc[nH]1)C(=O)N[C@@H](CO)C(=O)O. The minimum atomic E-state index is -1.52. The molecule has 9 N–H and O–H groups in total. The number of aromatic nitrogens is 2. The van der Waals surface area contributed by atoms with Crippen LogP contribution in [-0.4, -0.2) is 68.6 Å². The van der Waals surface area contributed by atoms with E-state index < -0.39 is 48.4 Å². The van der Waals surface area contributed by atoms with Crippen molar-refractivity contribution in [2.45, 2.75) is 37.4 Å². The molecule has 0 radical (unpaired) electrons. The molecule has 1 heterocycles. The summed E-state index contributed by atoms with van der Waals surface area (Å²) >= 11 is 0. The predicted octanol–water partition coefficient (Wildman–Crippen LogP) is -3.41. The second-order valence-electron chi connectivity index (χ2n) is 5.54. The van der Waals surface area contributed by atoms with Gasteiger partial charge in [0.25, 0.3) is 0 Å². The van der Waals surface area contributed by atoms with E-state index in [1.807, 2.05) is 0 Å². The van der Waals surface area contributed by atoms with E-state index in [1.165, 1.54) is 12.5 Å². The number of amides is 3. The van der Waals surface area contributed by atoms with Gasteiger partial charge in [-0.1, -0.05) is 0 Å². The second-order valence-corrected chi connectivity index (χ2v) is 5.54. The van der Waals surface area contributed by atoms with Gasteiger partial charge >= 0.3 is 5.97 Å². The lowest BCUT2D eigenvalue weighted by atomic mass is 10.1. The van der Waals surface area contributed by atoms with Crippen LogP contribution in [0, 0.1) is 0 Å². The van der Waals surface area contributed by atoms with E-state index in [4.69, 9.17) is 21.7 Å². The molecule has 0 aliphatic heterocycles. The Hall–Kier alpha value is -2.99. The van der Waals surface area contributed by atoms with Crippen molar-refractivity contribution in [3.05, 3.63) is 18.2 Å². The van der Waals surface area contributed by atoms with Crippen molar-refractivity contribution < 1.29 is 29.4 Å². The molecule has 0 bridgehead atoms. The minimum Gasteiger partial charge on any atom is -0.480 e. The maximum Gasteiger partial charge on any atom is 0.328 e. The van der Waals surface area contributed by atoms with Crippen LogP contribution in [0.3, 0.4) is 0 Å². The molecule has 0 unspecified atom stereocenters. The van der Waals surface area contributed by atoms with Gasteiger partial charge in [0.2, 0.25) is 17.7 Å². The highest BCUT2D eigenvalue weighted by Crippen LogP contribution is 2.02. The van der Waals surface area contributed by atoms with Gasteiger partial charge < -0.3 is 37.3 Å². The molecule has 0 saturated carbocycles. The summed E-state index contributed by atoms with van der Waals surface area (Å²) in [5, 5.41) is 22.4. The van der Waals surface area contributed by atoms with Crippen molar-refractivity contribution in [2.24, 2.45) is 11.5 Å². The maximum atomic E-state index is 12.3. The van der Waals surface area contributed by atoms with Crippen molar-refractivity contribution in [1.82, 2.24) is 20.6 Å². The first-order chi connectivity index (χ1) is 12.2. The number of imidazole rings is 1. The monoisotopic (exact) mass is 370 g/mol. The van der Waals surface area contributed by atoms with Crippen molar-refractivity contribution >= 4 is 23.7 Å². The first-order valence-electron chi connectivity index (χ1n) is 7.70. The molecule has 144 valence electrons. The Balaban J connectivity index is 2.80. The molecule has 0 spiro atoms. The number of primary amides is 1. The smallest absolute Gasteiger partial charge is 0.328 e. The van der Waals surface area contributed by atoms with Gasteiger partial charge in [-0.3, -0.25) is 14.4 Å². The number of aliphatic carboxylic acids is 1. The average Bonchev–Trinajstić information content (AvgIpc) is 3.09. The van der Waals surface area contributed by atoms with Gasteiger partial charge in [0.15, 0.2) is 0 Å². The number of carbonyl (C=O) groups excluding carboxylic acids is 3. The zero-order valence-electron chi connectivity index (χ0n) is 13.8. The fourth-order valence-corrected chi connectivity index (χ4v) is 1.99. The Morgan fingerprint density at radius 2 is 1.85 bits per heavy atom. The summed E-state index contributed by atoms with van der Waals surface area (Å²) in [7, 11) is 0. The Labute approximate surface area is 148 Å². The Kier molecular flexibility index (Phi) is 8.18. The van der Waals surface area contributed by atoms with Crippen LogP contribution in [0.25, 0.3) is 0 Å². The van der Waals surface area contributed by atoms with E-state index in [9.17, 15) is 19.2 Å². The number of aliphatic hydroxyl groups excluding tert-OH is 1. The zero-order valence-corrected chi connectivity index (χ0v) is 13.8. The van der Waals surface area contributed by atoms with Gasteiger partial charge in [-0.2, -0.15) is 0 Å². The quantitative estimate of drug-likeness (QED) is 0.208. The number of carboxylic acid groups (broad SMARTS) is 1. The Bertz CT molecular complexity index is 634. The van der Waals surface area contributed by atoms with E-state index in [0.29, 0.717) is 5.69 Å². The number of aromatic amines is 1. The topological polar surface area (TPSA) is 214 Å². The van der Waals surface area contributed by atoms with Crippen LogP contribution < -0.4 is 22.1 Å². The summed E-state index contributed by atoms with van der Waals surface area (Å²) < 4.78 is 0. The highest BCUT2D eigenvalue weighted by molar-refractivity contribution is 5.92. The van der Waals surface area contributed by atoms with Crippen LogP contribution in [0.15, 0.2) is 12.5 Å². The molecule has 0 saturated heterocycles. The van der Waals surface area contributed by atoms with Gasteiger partial charge in [-0.05, 0) is 6.42 Å². The van der Waals surface area contributed by atoms with Gasteiger partial charge in [0.1, 0.15) is 12.1 Å². The highest BCUT2D eigenvalue weighted by atomic mass is 16.4. The standard InChI is InChI=1S/C14H22N6O6/c15-8(1-2-11(16)22)12(23)19-9(3-7-4-17-6-18-7)13(24)20-10(5-21)14(25)26/h4,6,8-10,21H,1-3,5,15H2,(H2,16,22)(H,17,18)(H,19,23)(H,20,24)(H,25,26)/t8-,9-,10-/m0/s1. The first-order valence-corrected chi connectivity index (χ1v) is 7.70. The average molecular weight is 370 g/mol. The number of nitrogens with zero attached hydrogens (tertiary/aromatic N) is 1. The van der Waals surface area contributed by atoms with Crippen LogP contribution in [-0.2, 0) is 25.6 Å². The molecule has 0 fully saturated rings. The number of hydrogen-bond donors (Lipinski definition) is 7. The Morgan fingerprint density at radius 3 is 2.35 bits per heavy atom. The maximum absolute atomic E-state index is 12.3. The molecular formula is C14H22N6O6. The highest BCUT2D eigenvalue weighted by Gasteiger charge is 2.28. The number of aliphatic hydroxyl groups is 1. The molecule has 3 atom stereocenters. The van der Waals surface area contributed by atoms with E-state index >= 15 is 0 Å². The molecule has 1 aromatic heterocycles. The van der Waals surface area contributed by atoms with Crippen LogP contribution in [0.1, 0.15) is 18.5 Å². The van der Waals surface area contributed by atoms with Gasteiger partial charge in [0, 0.05) is 24.7 Å². The number of carbonyl (C=O) groups is 4. The molecule has 1 rings (SSSR count). The number of nitrogens with one attached hydrogen (secondary N) is 3. The molecule has 0 aliphatic rings. The Morgan fingerprint density at radius 1 is 1.19 bits per heavy atom. The predicted molar refractivity (Wildman–Crippen MR) is 87.3 cm³/mol. The summed E-state index contributed by atoms with van der Waals surface area (Å²) in [6.45, 7) is -0.816. The number of nitrogens with two attached hydrogens (primary N) is 2. The van der Waals surface area contributed by atoms with Crippen LogP contribution in [0.4, 0.5) is 0 Å². The molecule has 0 aliphatic carbocycles. The van der Waals surface area contributed by atoms with E-state index in [2.05, 4.69) is 20.6 Å². The summed E-state index contributed by atoms with van der Waals surface area (Å²) in [5.41, 5.74) is 11.2. The van der Waals surface area contributed by atoms with Gasteiger partial charge in [-0.25, -0.2) is 9.78 Å². The third-order valence-corrected chi connectivity index (χ3v) is 3.45. The minimum absolute atomic E-state index is 0.00600. The summed E-state index contributed by atoms with van der Waals surface area (Å²) in [5.74, 6) is -3.57. The lowest BCUT2D eigenvalue weighted by molar-refractivity contribution is -0.143. The summed E-state index contributed by atoms with van der Waals surface area (Å²) in [6.07, 6.45) is 2.68. The van der Waals surface area contributed by atoms with E-state index in [1.54, 1.807) is 0 Å². The second kappa shape index (κ2) is 10.1. The molecule has 26 heavy (non-hydrogen) atoms. The number of H-pyrrole nitrogens is 1. The number of rotatable bonds is 11. The van der Waals surface area contributed by atoms with Gasteiger partial charge in [0.05, 0.1) is 19.0 Å². The largest absolute Gasteiger partial charge is 0.480 e. The third kappa shape index (κ3) is 6.86. The van der Waals surface area contributed by atoms with Crippen LogP contribution >= 0.6 is 0 Å². The van der Waals surface area contributed by atoms with Crippen molar-refractivity contribution in [2.75, 3.05) is 6.61 Å². The molecular weight excluding hydrogens is 348 g/mol. The summed E-state index contributed by atoms with van der Waals surface area (Å²) in [4.78, 5) is 52.7. The molecule has 12 heteroatoms. The fraction of sp³-hybridized carbons (Fsp3) is 0.500. The number of hydrogen-bond acceptors (Lipinski definition) is 7. The van der Waals surface area contributed by atoms with E-state index in [0.717, 1.165) is 0 Å². The lowest BCUT2D eigenvalue weighted by Crippen LogP contribution is -2.56. The van der Waals surface area contributed by atoms with Crippen molar-refractivity contribution in [1.29, 1.82) is 0 Å². The third-order valence-electron chi connectivity index (χ3n) is 3.45. The van der Waals surface area contributed by atoms with Crippen LogP contribution in [0.2, 0.25) is 0 Å². The lowest BCUT2D eigenvalue weighted by Gasteiger charge is -2.22. The zero-order chi connectivity index (χ0) is 19.7. The molecule has 1 aromatic rings. The molecule has 3 amide bonds. The number of carboxylic acids is 1. The molecule has 12 nitrogen and oxygen atoms in total. The molecule has 0 aromatic carbocycles.